The van der Waals surface area contributed by atoms with Gasteiger partial charge in [-0.1, -0.05) is 29.8 Å². The minimum Gasteiger partial charge on any atom is -0.346 e. The minimum atomic E-state index is 0.0413. The maximum Gasteiger partial charge on any atom is 0.247 e. The Hall–Kier alpha value is -1.61. The SMILES string of the molecule is CC(C(=O)N[C@@H](C)c1ccc(C)cc1)=C1CNC1. The van der Waals surface area contributed by atoms with E-state index < -0.39 is 0 Å². The van der Waals surface area contributed by atoms with E-state index in [1.165, 1.54) is 11.1 Å². The van der Waals surface area contributed by atoms with Crippen LogP contribution < -0.4 is 10.6 Å². The molecule has 0 spiro atoms. The van der Waals surface area contributed by atoms with Gasteiger partial charge in [-0.15, -0.1) is 0 Å². The summed E-state index contributed by atoms with van der Waals surface area (Å²) in [6.45, 7) is 7.66. The second-order valence-corrected chi connectivity index (χ2v) is 4.94. The van der Waals surface area contributed by atoms with Gasteiger partial charge in [-0.3, -0.25) is 4.79 Å². The van der Waals surface area contributed by atoms with Gasteiger partial charge in [0.25, 0.3) is 0 Å². The van der Waals surface area contributed by atoms with Crippen LogP contribution in [0, 0.1) is 6.92 Å². The highest BCUT2D eigenvalue weighted by Gasteiger charge is 2.17. The van der Waals surface area contributed by atoms with Crippen molar-refractivity contribution >= 4 is 5.91 Å². The van der Waals surface area contributed by atoms with Crippen molar-refractivity contribution in [3.63, 3.8) is 0 Å². The highest BCUT2D eigenvalue weighted by atomic mass is 16.1. The van der Waals surface area contributed by atoms with Crippen LogP contribution in [0.5, 0.6) is 0 Å². The lowest BCUT2D eigenvalue weighted by molar-refractivity contribution is -0.118. The van der Waals surface area contributed by atoms with Gasteiger partial charge in [0.1, 0.15) is 0 Å². The Bertz CT molecular complexity index is 468. The van der Waals surface area contributed by atoms with Gasteiger partial charge in [0.05, 0.1) is 6.04 Å². The quantitative estimate of drug-likeness (QED) is 0.799. The summed E-state index contributed by atoms with van der Waals surface area (Å²) < 4.78 is 0. The van der Waals surface area contributed by atoms with E-state index in [1.54, 1.807) is 0 Å². The first kappa shape index (κ1) is 12.8. The molecule has 0 saturated carbocycles. The van der Waals surface area contributed by atoms with Crippen molar-refractivity contribution in [1.82, 2.24) is 10.6 Å². The molecule has 1 heterocycles. The lowest BCUT2D eigenvalue weighted by Crippen LogP contribution is -2.38. The van der Waals surface area contributed by atoms with Crippen molar-refractivity contribution < 1.29 is 4.79 Å². The van der Waals surface area contributed by atoms with Gasteiger partial charge in [-0.25, -0.2) is 0 Å². The molecule has 0 radical (unpaired) electrons. The zero-order chi connectivity index (χ0) is 13.1. The largest absolute Gasteiger partial charge is 0.346 e. The Kier molecular flexibility index (Phi) is 3.82. The van der Waals surface area contributed by atoms with Gasteiger partial charge in [0.2, 0.25) is 5.91 Å². The fourth-order valence-electron chi connectivity index (χ4n) is 1.92. The predicted molar refractivity (Wildman–Crippen MR) is 73.3 cm³/mol. The lowest BCUT2D eigenvalue weighted by Gasteiger charge is -2.22. The maximum atomic E-state index is 12.0. The number of rotatable bonds is 3. The van der Waals surface area contributed by atoms with Crippen LogP contribution >= 0.6 is 0 Å². The third-order valence-corrected chi connectivity index (χ3v) is 3.47. The molecule has 2 rings (SSSR count). The molecule has 3 nitrogen and oxygen atoms in total. The van der Waals surface area contributed by atoms with Gasteiger partial charge in [0, 0.05) is 18.7 Å². The van der Waals surface area contributed by atoms with Crippen molar-refractivity contribution in [3.8, 4) is 0 Å². The van der Waals surface area contributed by atoms with Crippen LogP contribution in [0.4, 0.5) is 0 Å². The van der Waals surface area contributed by atoms with Crippen molar-refractivity contribution in [3.05, 3.63) is 46.5 Å². The molecular weight excluding hydrogens is 224 g/mol. The van der Waals surface area contributed by atoms with Crippen LogP contribution in [0.3, 0.4) is 0 Å². The number of aryl methyl sites for hydroxylation is 1. The zero-order valence-electron chi connectivity index (χ0n) is 11.2. The highest BCUT2D eigenvalue weighted by Crippen LogP contribution is 2.15. The zero-order valence-corrected chi connectivity index (χ0v) is 11.2. The molecule has 1 aromatic rings. The first-order valence-corrected chi connectivity index (χ1v) is 6.34. The molecule has 1 aliphatic rings. The molecule has 3 heteroatoms. The monoisotopic (exact) mass is 244 g/mol. The third-order valence-electron chi connectivity index (χ3n) is 3.47. The Labute approximate surface area is 108 Å². The lowest BCUT2D eigenvalue weighted by atomic mass is 10.0. The summed E-state index contributed by atoms with van der Waals surface area (Å²) >= 11 is 0. The van der Waals surface area contributed by atoms with E-state index in [0.717, 1.165) is 24.2 Å². The standard InChI is InChI=1S/C15H20N2O/c1-10-4-6-13(7-5-10)12(3)17-15(18)11(2)14-8-16-9-14/h4-7,12,16H,8-9H2,1-3H3,(H,17,18)/t12-/m0/s1. The first-order chi connectivity index (χ1) is 8.58. The summed E-state index contributed by atoms with van der Waals surface area (Å²) in [5.41, 5.74) is 4.44. The number of benzene rings is 1. The molecule has 2 N–H and O–H groups in total. The van der Waals surface area contributed by atoms with E-state index in [4.69, 9.17) is 0 Å². The molecular formula is C15H20N2O. The van der Waals surface area contributed by atoms with Crippen LogP contribution in [0.2, 0.25) is 0 Å². The molecule has 1 atom stereocenters. The second-order valence-electron chi connectivity index (χ2n) is 4.94. The van der Waals surface area contributed by atoms with Gasteiger partial charge < -0.3 is 10.6 Å². The molecule has 0 bridgehead atoms. The van der Waals surface area contributed by atoms with E-state index in [1.807, 2.05) is 13.8 Å². The van der Waals surface area contributed by atoms with Crippen LogP contribution in [0.1, 0.15) is 31.0 Å². The number of hydrogen-bond donors (Lipinski definition) is 2. The van der Waals surface area contributed by atoms with Crippen LogP contribution in [0.25, 0.3) is 0 Å². The Morgan fingerprint density at radius 3 is 2.39 bits per heavy atom. The van der Waals surface area contributed by atoms with E-state index in [-0.39, 0.29) is 11.9 Å². The summed E-state index contributed by atoms with van der Waals surface area (Å²) in [6, 6.07) is 8.31. The highest BCUT2D eigenvalue weighted by molar-refractivity contribution is 5.94. The molecule has 0 aliphatic carbocycles. The van der Waals surface area contributed by atoms with Gasteiger partial charge >= 0.3 is 0 Å². The molecule has 18 heavy (non-hydrogen) atoms. The van der Waals surface area contributed by atoms with Gasteiger partial charge in [-0.2, -0.15) is 0 Å². The smallest absolute Gasteiger partial charge is 0.247 e. The summed E-state index contributed by atoms with van der Waals surface area (Å²) in [6.07, 6.45) is 0. The molecule has 1 aromatic carbocycles. The summed E-state index contributed by atoms with van der Waals surface area (Å²) in [5, 5.41) is 6.19. The fraction of sp³-hybridized carbons (Fsp3) is 0.400. The Morgan fingerprint density at radius 2 is 1.89 bits per heavy atom. The molecule has 1 amide bonds. The molecule has 0 unspecified atom stereocenters. The molecule has 96 valence electrons. The second kappa shape index (κ2) is 5.36. The number of carbonyl (C=O) groups excluding carboxylic acids is 1. The topological polar surface area (TPSA) is 41.1 Å². The van der Waals surface area contributed by atoms with E-state index in [9.17, 15) is 4.79 Å². The molecule has 0 aromatic heterocycles. The number of amides is 1. The van der Waals surface area contributed by atoms with Gasteiger partial charge in [0.15, 0.2) is 0 Å². The van der Waals surface area contributed by atoms with Crippen molar-refractivity contribution in [2.45, 2.75) is 26.8 Å². The van der Waals surface area contributed by atoms with Crippen molar-refractivity contribution in [2.24, 2.45) is 0 Å². The minimum absolute atomic E-state index is 0.0413. The molecule has 1 aliphatic heterocycles. The van der Waals surface area contributed by atoms with Crippen molar-refractivity contribution in [2.75, 3.05) is 13.1 Å². The van der Waals surface area contributed by atoms with Crippen LogP contribution in [0.15, 0.2) is 35.4 Å². The fourth-order valence-corrected chi connectivity index (χ4v) is 1.92. The van der Waals surface area contributed by atoms with Crippen LogP contribution in [-0.4, -0.2) is 19.0 Å². The average molecular weight is 244 g/mol. The Morgan fingerprint density at radius 1 is 1.28 bits per heavy atom. The van der Waals surface area contributed by atoms with E-state index in [0.29, 0.717) is 0 Å². The van der Waals surface area contributed by atoms with E-state index >= 15 is 0 Å². The number of nitrogens with one attached hydrogen (secondary N) is 2. The van der Waals surface area contributed by atoms with E-state index in [2.05, 4.69) is 41.8 Å². The Balaban J connectivity index is 2.01. The normalized spacial score (nSPS) is 15.8. The number of carbonyl (C=O) groups is 1. The summed E-state index contributed by atoms with van der Waals surface area (Å²) in [5.74, 6) is 0.0413. The van der Waals surface area contributed by atoms with Gasteiger partial charge in [-0.05, 0) is 31.9 Å². The van der Waals surface area contributed by atoms with Crippen molar-refractivity contribution in [1.29, 1.82) is 0 Å². The molecule has 1 saturated heterocycles. The first-order valence-electron chi connectivity index (χ1n) is 6.34. The molecule has 1 fully saturated rings. The maximum absolute atomic E-state index is 12.0. The predicted octanol–water partition coefficient (Wildman–Crippen LogP) is 2.09. The summed E-state index contributed by atoms with van der Waals surface area (Å²) in [4.78, 5) is 12.0. The average Bonchev–Trinajstić information content (AvgIpc) is 2.27. The van der Waals surface area contributed by atoms with Crippen LogP contribution in [-0.2, 0) is 4.79 Å². The third kappa shape index (κ3) is 2.79. The number of hydrogen-bond acceptors (Lipinski definition) is 2. The summed E-state index contributed by atoms with van der Waals surface area (Å²) in [7, 11) is 0.